The molecule has 0 fully saturated rings. The second kappa shape index (κ2) is 5.21. The van der Waals surface area contributed by atoms with Crippen LogP contribution in [0, 0.1) is 0 Å². The average molecular weight is 264 g/mol. The molecule has 0 saturated carbocycles. The maximum absolute atomic E-state index is 5.20. The summed E-state index contributed by atoms with van der Waals surface area (Å²) in [5, 5.41) is 0. The number of hydrogen-bond acceptors (Lipinski definition) is 2. The van der Waals surface area contributed by atoms with E-state index in [9.17, 15) is 0 Å². The molecule has 1 aromatic heterocycles. The van der Waals surface area contributed by atoms with Crippen LogP contribution in [0.4, 0.5) is 0 Å². The van der Waals surface area contributed by atoms with E-state index >= 15 is 0 Å². The van der Waals surface area contributed by atoms with Crippen molar-refractivity contribution < 1.29 is 4.74 Å². The number of fused-ring (bicyclic) bond motifs is 1. The Bertz CT molecular complexity index is 728. The molecule has 0 aliphatic heterocycles. The van der Waals surface area contributed by atoms with E-state index in [1.807, 2.05) is 42.7 Å². The Kier molecular flexibility index (Phi) is 3.25. The summed E-state index contributed by atoms with van der Waals surface area (Å²) in [7, 11) is 1.67. The molecule has 3 nitrogen and oxygen atoms in total. The van der Waals surface area contributed by atoms with Gasteiger partial charge in [-0.15, -0.1) is 6.58 Å². The standard InChI is InChI=1S/C17H16N2O/c1-3-16(13-8-10-14(20-2)11-9-13)19-12-18-15-6-4-5-7-17(15)19/h3-12,16H,1H2,2H3/t16-/m1/s1. The maximum atomic E-state index is 5.20. The van der Waals surface area contributed by atoms with Crippen molar-refractivity contribution in [2.75, 3.05) is 7.11 Å². The fraction of sp³-hybridized carbons (Fsp3) is 0.118. The minimum atomic E-state index is 0.0632. The monoisotopic (exact) mass is 264 g/mol. The van der Waals surface area contributed by atoms with Crippen LogP contribution < -0.4 is 4.74 Å². The third-order valence-corrected chi connectivity index (χ3v) is 3.46. The summed E-state index contributed by atoms with van der Waals surface area (Å²) in [4.78, 5) is 4.44. The first-order valence-electron chi connectivity index (χ1n) is 6.51. The largest absolute Gasteiger partial charge is 0.497 e. The van der Waals surface area contributed by atoms with E-state index in [0.717, 1.165) is 22.3 Å². The summed E-state index contributed by atoms with van der Waals surface area (Å²) >= 11 is 0. The Morgan fingerprint density at radius 2 is 1.90 bits per heavy atom. The van der Waals surface area contributed by atoms with Gasteiger partial charge in [0.05, 0.1) is 30.5 Å². The van der Waals surface area contributed by atoms with Gasteiger partial charge in [-0.3, -0.25) is 0 Å². The molecule has 0 saturated heterocycles. The van der Waals surface area contributed by atoms with Crippen LogP contribution in [0.5, 0.6) is 5.75 Å². The first kappa shape index (κ1) is 12.5. The van der Waals surface area contributed by atoms with E-state index in [0.29, 0.717) is 0 Å². The van der Waals surface area contributed by atoms with Gasteiger partial charge in [0.1, 0.15) is 5.75 Å². The van der Waals surface area contributed by atoms with Crippen LogP contribution in [0.15, 0.2) is 67.5 Å². The Morgan fingerprint density at radius 1 is 1.15 bits per heavy atom. The average Bonchev–Trinajstić information content (AvgIpc) is 2.93. The molecular weight excluding hydrogens is 248 g/mol. The number of para-hydroxylation sites is 2. The second-order valence-electron chi connectivity index (χ2n) is 4.59. The van der Waals surface area contributed by atoms with Gasteiger partial charge in [-0.05, 0) is 29.8 Å². The fourth-order valence-electron chi connectivity index (χ4n) is 2.41. The third kappa shape index (κ3) is 2.07. The van der Waals surface area contributed by atoms with E-state index in [1.165, 1.54) is 0 Å². The van der Waals surface area contributed by atoms with Crippen molar-refractivity contribution in [3.63, 3.8) is 0 Å². The normalized spacial score (nSPS) is 12.2. The number of imidazole rings is 1. The molecule has 20 heavy (non-hydrogen) atoms. The van der Waals surface area contributed by atoms with Gasteiger partial charge in [0.15, 0.2) is 0 Å². The number of rotatable bonds is 4. The first-order chi connectivity index (χ1) is 9.83. The molecule has 0 bridgehead atoms. The number of hydrogen-bond donors (Lipinski definition) is 0. The predicted octanol–water partition coefficient (Wildman–Crippen LogP) is 3.82. The highest BCUT2D eigenvalue weighted by Crippen LogP contribution is 2.25. The first-order valence-corrected chi connectivity index (χ1v) is 6.51. The molecule has 0 aliphatic carbocycles. The number of benzene rings is 2. The van der Waals surface area contributed by atoms with Crippen LogP contribution in [0.3, 0.4) is 0 Å². The lowest BCUT2D eigenvalue weighted by Gasteiger charge is -2.16. The Hall–Kier alpha value is -2.55. The van der Waals surface area contributed by atoms with Crippen LogP contribution in [0.2, 0.25) is 0 Å². The van der Waals surface area contributed by atoms with Crippen molar-refractivity contribution in [1.29, 1.82) is 0 Å². The van der Waals surface area contributed by atoms with Gasteiger partial charge in [0, 0.05) is 0 Å². The van der Waals surface area contributed by atoms with Gasteiger partial charge in [-0.2, -0.15) is 0 Å². The van der Waals surface area contributed by atoms with Gasteiger partial charge in [-0.25, -0.2) is 4.98 Å². The molecule has 0 spiro atoms. The van der Waals surface area contributed by atoms with E-state index in [4.69, 9.17) is 4.74 Å². The summed E-state index contributed by atoms with van der Waals surface area (Å²) in [6.07, 6.45) is 3.79. The lowest BCUT2D eigenvalue weighted by Crippen LogP contribution is -2.06. The molecule has 3 heteroatoms. The smallest absolute Gasteiger partial charge is 0.118 e. The van der Waals surface area contributed by atoms with Gasteiger partial charge in [-0.1, -0.05) is 30.3 Å². The zero-order chi connectivity index (χ0) is 13.9. The van der Waals surface area contributed by atoms with Crippen molar-refractivity contribution >= 4 is 11.0 Å². The topological polar surface area (TPSA) is 27.1 Å². The number of aromatic nitrogens is 2. The molecule has 1 heterocycles. The summed E-state index contributed by atoms with van der Waals surface area (Å²) in [6.45, 7) is 3.96. The molecule has 0 N–H and O–H groups in total. The van der Waals surface area contributed by atoms with E-state index in [2.05, 4.69) is 34.3 Å². The summed E-state index contributed by atoms with van der Waals surface area (Å²) in [5.41, 5.74) is 3.25. The molecule has 0 aliphatic rings. The molecule has 0 amide bonds. The van der Waals surface area contributed by atoms with E-state index in [1.54, 1.807) is 7.11 Å². The van der Waals surface area contributed by atoms with Gasteiger partial charge < -0.3 is 9.30 Å². The second-order valence-corrected chi connectivity index (χ2v) is 4.59. The number of nitrogens with zero attached hydrogens (tertiary/aromatic N) is 2. The SMILES string of the molecule is C=C[C@H](c1ccc(OC)cc1)n1cnc2ccccc21. The van der Waals surface area contributed by atoms with Crippen molar-refractivity contribution in [1.82, 2.24) is 9.55 Å². The molecule has 3 rings (SSSR count). The number of methoxy groups -OCH3 is 1. The van der Waals surface area contributed by atoms with Gasteiger partial charge >= 0.3 is 0 Å². The minimum absolute atomic E-state index is 0.0632. The highest BCUT2D eigenvalue weighted by atomic mass is 16.5. The highest BCUT2D eigenvalue weighted by molar-refractivity contribution is 5.75. The van der Waals surface area contributed by atoms with Crippen LogP contribution in [0.1, 0.15) is 11.6 Å². The van der Waals surface area contributed by atoms with E-state index in [-0.39, 0.29) is 6.04 Å². The van der Waals surface area contributed by atoms with Crippen LogP contribution in [-0.4, -0.2) is 16.7 Å². The molecule has 100 valence electrons. The van der Waals surface area contributed by atoms with E-state index < -0.39 is 0 Å². The Morgan fingerprint density at radius 3 is 2.60 bits per heavy atom. The zero-order valence-electron chi connectivity index (χ0n) is 11.4. The lowest BCUT2D eigenvalue weighted by molar-refractivity contribution is 0.414. The molecular formula is C17H16N2O. The Labute approximate surface area is 118 Å². The van der Waals surface area contributed by atoms with Crippen LogP contribution >= 0.6 is 0 Å². The van der Waals surface area contributed by atoms with Crippen LogP contribution in [0.25, 0.3) is 11.0 Å². The zero-order valence-corrected chi connectivity index (χ0v) is 11.4. The van der Waals surface area contributed by atoms with Crippen molar-refractivity contribution in [3.8, 4) is 5.75 Å². The lowest BCUT2D eigenvalue weighted by atomic mass is 10.1. The third-order valence-electron chi connectivity index (χ3n) is 3.46. The summed E-state index contributed by atoms with van der Waals surface area (Å²) in [6, 6.07) is 16.2. The molecule has 3 aromatic rings. The molecule has 1 atom stereocenters. The highest BCUT2D eigenvalue weighted by Gasteiger charge is 2.12. The minimum Gasteiger partial charge on any atom is -0.497 e. The van der Waals surface area contributed by atoms with Crippen LogP contribution in [-0.2, 0) is 0 Å². The quantitative estimate of drug-likeness (QED) is 0.670. The van der Waals surface area contributed by atoms with Crippen molar-refractivity contribution in [3.05, 3.63) is 73.1 Å². The molecule has 0 unspecified atom stereocenters. The van der Waals surface area contributed by atoms with Crippen molar-refractivity contribution in [2.24, 2.45) is 0 Å². The maximum Gasteiger partial charge on any atom is 0.118 e. The number of ether oxygens (including phenoxy) is 1. The fourth-order valence-corrected chi connectivity index (χ4v) is 2.41. The summed E-state index contributed by atoms with van der Waals surface area (Å²) < 4.78 is 7.33. The summed E-state index contributed by atoms with van der Waals surface area (Å²) in [5.74, 6) is 0.854. The van der Waals surface area contributed by atoms with Crippen molar-refractivity contribution in [2.45, 2.75) is 6.04 Å². The Balaban J connectivity index is 2.06. The predicted molar refractivity (Wildman–Crippen MR) is 81.1 cm³/mol. The van der Waals surface area contributed by atoms with Gasteiger partial charge in [0.25, 0.3) is 0 Å². The number of allylic oxidation sites excluding steroid dienone is 1. The van der Waals surface area contributed by atoms with Gasteiger partial charge in [0.2, 0.25) is 0 Å². The molecule has 0 radical (unpaired) electrons. The molecule has 2 aromatic carbocycles.